The van der Waals surface area contributed by atoms with Crippen LogP contribution in [0.2, 0.25) is 0 Å². The van der Waals surface area contributed by atoms with Crippen LogP contribution in [0.25, 0.3) is 11.0 Å². The lowest BCUT2D eigenvalue weighted by Gasteiger charge is -2.11. The van der Waals surface area contributed by atoms with Gasteiger partial charge in [-0.3, -0.25) is 9.78 Å². The molecule has 0 saturated heterocycles. The van der Waals surface area contributed by atoms with Gasteiger partial charge in [-0.25, -0.2) is 14.4 Å². The van der Waals surface area contributed by atoms with Crippen molar-refractivity contribution in [3.05, 3.63) is 65.6 Å². The number of oxazole rings is 1. The van der Waals surface area contributed by atoms with Gasteiger partial charge in [0.15, 0.2) is 23.1 Å². The van der Waals surface area contributed by atoms with Gasteiger partial charge < -0.3 is 29.1 Å². The SMILES string of the molecule is CCCCn1c(CCNCCc2nc(C(=O)NCc3ncccc3F)co2)nc2cc(OC)c(OC)cc21. The average molecular weight is 525 g/mol. The lowest BCUT2D eigenvalue weighted by molar-refractivity contribution is 0.0945. The number of nitrogens with zero attached hydrogens (tertiary/aromatic N) is 4. The van der Waals surface area contributed by atoms with E-state index < -0.39 is 11.7 Å². The van der Waals surface area contributed by atoms with E-state index in [0.29, 0.717) is 36.9 Å². The third kappa shape index (κ3) is 6.46. The standard InChI is InChI=1S/C27H33FN6O4/c1-4-5-13-34-22-15-24(37-3)23(36-2)14-19(22)32-25(34)8-11-29-12-9-26-33-21(17-38-26)27(35)31-16-20-18(28)7-6-10-30-20/h6-7,10,14-15,17,29H,4-5,8-9,11-13,16H2,1-3H3,(H,31,35). The van der Waals surface area contributed by atoms with E-state index in [1.807, 2.05) is 12.1 Å². The number of aryl methyl sites for hydroxylation is 1. The predicted molar refractivity (Wildman–Crippen MR) is 140 cm³/mol. The summed E-state index contributed by atoms with van der Waals surface area (Å²) in [6.45, 7) is 4.36. The van der Waals surface area contributed by atoms with Crippen molar-refractivity contribution < 1.29 is 23.1 Å². The maximum Gasteiger partial charge on any atom is 0.273 e. The number of benzene rings is 1. The van der Waals surface area contributed by atoms with Crippen LogP contribution in [-0.2, 0) is 25.9 Å². The molecular weight excluding hydrogens is 491 g/mol. The molecule has 1 aromatic carbocycles. The second kappa shape index (κ2) is 13.0. The lowest BCUT2D eigenvalue weighted by atomic mass is 10.2. The van der Waals surface area contributed by atoms with Crippen LogP contribution in [0, 0.1) is 5.82 Å². The first-order valence-corrected chi connectivity index (χ1v) is 12.7. The van der Waals surface area contributed by atoms with E-state index in [0.717, 1.165) is 42.7 Å². The number of methoxy groups -OCH3 is 2. The Morgan fingerprint density at radius 2 is 1.92 bits per heavy atom. The van der Waals surface area contributed by atoms with Crippen molar-refractivity contribution in [1.82, 2.24) is 30.2 Å². The zero-order valence-corrected chi connectivity index (χ0v) is 21.9. The van der Waals surface area contributed by atoms with Crippen molar-refractivity contribution in [2.75, 3.05) is 27.3 Å². The minimum Gasteiger partial charge on any atom is -0.493 e. The predicted octanol–water partition coefficient (Wildman–Crippen LogP) is 3.68. The first kappa shape index (κ1) is 27.1. The van der Waals surface area contributed by atoms with Crippen molar-refractivity contribution in [3.8, 4) is 11.5 Å². The molecule has 11 heteroatoms. The molecule has 0 unspecified atom stereocenters. The van der Waals surface area contributed by atoms with Gasteiger partial charge in [0.1, 0.15) is 17.9 Å². The summed E-state index contributed by atoms with van der Waals surface area (Å²) in [6, 6.07) is 6.69. The number of fused-ring (bicyclic) bond motifs is 1. The van der Waals surface area contributed by atoms with Crippen molar-refractivity contribution in [3.63, 3.8) is 0 Å². The number of ether oxygens (including phenoxy) is 2. The average Bonchev–Trinajstić information content (AvgIpc) is 3.54. The summed E-state index contributed by atoms with van der Waals surface area (Å²) >= 11 is 0. The van der Waals surface area contributed by atoms with Gasteiger partial charge in [-0.1, -0.05) is 13.3 Å². The number of pyridine rings is 1. The van der Waals surface area contributed by atoms with Crippen LogP contribution in [0.1, 0.15) is 47.7 Å². The van der Waals surface area contributed by atoms with E-state index in [9.17, 15) is 9.18 Å². The maximum atomic E-state index is 13.7. The Bertz CT molecular complexity index is 1370. The fourth-order valence-corrected chi connectivity index (χ4v) is 4.11. The highest BCUT2D eigenvalue weighted by Gasteiger charge is 2.16. The third-order valence-corrected chi connectivity index (χ3v) is 6.14. The molecule has 0 spiro atoms. The Kier molecular flexibility index (Phi) is 9.26. The molecule has 2 N–H and O–H groups in total. The van der Waals surface area contributed by atoms with Gasteiger partial charge in [-0.15, -0.1) is 0 Å². The number of hydrogen-bond acceptors (Lipinski definition) is 8. The Morgan fingerprint density at radius 3 is 2.68 bits per heavy atom. The summed E-state index contributed by atoms with van der Waals surface area (Å²) in [4.78, 5) is 25.3. The highest BCUT2D eigenvalue weighted by atomic mass is 19.1. The molecule has 202 valence electrons. The van der Waals surface area contributed by atoms with Crippen LogP contribution in [0.15, 0.2) is 41.1 Å². The molecule has 0 aliphatic rings. The Morgan fingerprint density at radius 1 is 1.13 bits per heavy atom. The molecule has 3 aromatic heterocycles. The molecule has 0 saturated carbocycles. The van der Waals surface area contributed by atoms with Crippen LogP contribution in [-0.4, -0.2) is 52.7 Å². The summed E-state index contributed by atoms with van der Waals surface area (Å²) in [5.74, 6) is 1.87. The Balaban J connectivity index is 1.29. The van der Waals surface area contributed by atoms with Gasteiger partial charge in [-0.05, 0) is 18.6 Å². The smallest absolute Gasteiger partial charge is 0.273 e. The van der Waals surface area contributed by atoms with Gasteiger partial charge in [0.05, 0.1) is 37.5 Å². The summed E-state index contributed by atoms with van der Waals surface area (Å²) in [7, 11) is 3.25. The summed E-state index contributed by atoms with van der Waals surface area (Å²) in [6.07, 6.45) is 6.17. The molecule has 0 aliphatic heterocycles. The molecule has 0 radical (unpaired) electrons. The van der Waals surface area contributed by atoms with Crippen molar-refractivity contribution in [2.24, 2.45) is 0 Å². The van der Waals surface area contributed by atoms with Crippen LogP contribution >= 0.6 is 0 Å². The van der Waals surface area contributed by atoms with Crippen LogP contribution in [0.5, 0.6) is 11.5 Å². The largest absolute Gasteiger partial charge is 0.493 e. The molecule has 10 nitrogen and oxygen atoms in total. The van der Waals surface area contributed by atoms with Crippen LogP contribution in [0.4, 0.5) is 4.39 Å². The number of nitrogens with one attached hydrogen (secondary N) is 2. The van der Waals surface area contributed by atoms with E-state index in [2.05, 4.69) is 32.1 Å². The molecule has 4 rings (SSSR count). The van der Waals surface area contributed by atoms with Crippen molar-refractivity contribution >= 4 is 16.9 Å². The summed E-state index contributed by atoms with van der Waals surface area (Å²) < 4.78 is 32.3. The first-order chi connectivity index (χ1) is 18.5. The quantitative estimate of drug-likeness (QED) is 0.240. The number of unbranched alkanes of at least 4 members (excludes halogenated alkanes) is 1. The van der Waals surface area contributed by atoms with Gasteiger partial charge in [0.25, 0.3) is 5.91 Å². The number of imidazole rings is 1. The van der Waals surface area contributed by atoms with Crippen molar-refractivity contribution in [2.45, 2.75) is 45.7 Å². The van der Waals surface area contributed by atoms with Gasteiger partial charge in [0, 0.05) is 50.8 Å². The third-order valence-electron chi connectivity index (χ3n) is 6.14. The molecule has 0 atom stereocenters. The Labute approximate surface area is 220 Å². The molecule has 0 aliphatic carbocycles. The zero-order valence-electron chi connectivity index (χ0n) is 21.9. The highest BCUT2D eigenvalue weighted by Crippen LogP contribution is 2.32. The molecule has 38 heavy (non-hydrogen) atoms. The number of halogens is 1. The van der Waals surface area contributed by atoms with Gasteiger partial charge >= 0.3 is 0 Å². The number of amides is 1. The molecule has 1 amide bonds. The lowest BCUT2D eigenvalue weighted by Crippen LogP contribution is -2.24. The van der Waals surface area contributed by atoms with Crippen molar-refractivity contribution in [1.29, 1.82) is 0 Å². The van der Waals surface area contributed by atoms with E-state index in [4.69, 9.17) is 18.9 Å². The topological polar surface area (TPSA) is 116 Å². The van der Waals surface area contributed by atoms with E-state index in [-0.39, 0.29) is 17.9 Å². The molecule has 0 bridgehead atoms. The van der Waals surface area contributed by atoms with Crippen LogP contribution < -0.4 is 20.1 Å². The first-order valence-electron chi connectivity index (χ1n) is 12.7. The summed E-state index contributed by atoms with van der Waals surface area (Å²) in [5.41, 5.74) is 2.22. The second-order valence-corrected chi connectivity index (χ2v) is 8.72. The normalized spacial score (nSPS) is 11.2. The minimum atomic E-state index is -0.472. The fraction of sp³-hybridized carbons (Fsp3) is 0.407. The monoisotopic (exact) mass is 524 g/mol. The highest BCUT2D eigenvalue weighted by molar-refractivity contribution is 5.91. The van der Waals surface area contributed by atoms with Gasteiger partial charge in [0.2, 0.25) is 0 Å². The molecular formula is C27H33FN6O4. The maximum absolute atomic E-state index is 13.7. The number of hydrogen-bond donors (Lipinski definition) is 2. The number of rotatable bonds is 14. The molecule has 4 aromatic rings. The summed E-state index contributed by atoms with van der Waals surface area (Å²) in [5, 5.41) is 6.00. The molecule has 0 fully saturated rings. The number of carbonyl (C=O) groups is 1. The second-order valence-electron chi connectivity index (χ2n) is 8.72. The van der Waals surface area contributed by atoms with E-state index in [1.54, 1.807) is 14.2 Å². The van der Waals surface area contributed by atoms with E-state index in [1.165, 1.54) is 24.6 Å². The van der Waals surface area contributed by atoms with Gasteiger partial charge in [-0.2, -0.15) is 0 Å². The number of aromatic nitrogens is 4. The molecule has 3 heterocycles. The minimum absolute atomic E-state index is 0.0299. The zero-order chi connectivity index (χ0) is 26.9. The van der Waals surface area contributed by atoms with Crippen LogP contribution in [0.3, 0.4) is 0 Å². The number of carbonyl (C=O) groups excluding carboxylic acids is 1. The van der Waals surface area contributed by atoms with E-state index >= 15 is 0 Å². The fourth-order valence-electron chi connectivity index (χ4n) is 4.11. The Hall–Kier alpha value is -3.99.